The normalized spacial score (nSPS) is 19.4. The van der Waals surface area contributed by atoms with E-state index < -0.39 is 6.10 Å². The fourth-order valence-corrected chi connectivity index (χ4v) is 2.28. The second-order valence-corrected chi connectivity index (χ2v) is 4.84. The van der Waals surface area contributed by atoms with Crippen LogP contribution < -0.4 is 10.6 Å². The van der Waals surface area contributed by atoms with Gasteiger partial charge >= 0.3 is 0 Å². The van der Waals surface area contributed by atoms with Gasteiger partial charge in [-0.25, -0.2) is 4.98 Å². The van der Waals surface area contributed by atoms with E-state index in [2.05, 4.69) is 16.8 Å². The Morgan fingerprint density at radius 3 is 2.88 bits per heavy atom. The van der Waals surface area contributed by atoms with Crippen molar-refractivity contribution in [1.29, 1.82) is 0 Å². The molecule has 1 aromatic rings. The van der Waals surface area contributed by atoms with Crippen molar-refractivity contribution in [3.63, 3.8) is 0 Å². The van der Waals surface area contributed by atoms with Gasteiger partial charge in [0.1, 0.15) is 5.82 Å². The van der Waals surface area contributed by atoms with Gasteiger partial charge in [0.2, 0.25) is 0 Å². The van der Waals surface area contributed by atoms with Crippen molar-refractivity contribution in [2.45, 2.75) is 25.9 Å². The first-order valence-corrected chi connectivity index (χ1v) is 6.30. The number of nitrogens with zero attached hydrogens (tertiary/aromatic N) is 2. The lowest BCUT2D eigenvalue weighted by Gasteiger charge is -2.33. The molecule has 1 aliphatic rings. The molecule has 17 heavy (non-hydrogen) atoms. The second-order valence-electron chi connectivity index (χ2n) is 4.84. The molecular weight excluding hydrogens is 214 g/mol. The molecule has 0 bridgehead atoms. The van der Waals surface area contributed by atoms with Crippen molar-refractivity contribution in [1.82, 2.24) is 4.98 Å². The highest BCUT2D eigenvalue weighted by Gasteiger charge is 2.21. The average Bonchev–Trinajstić information content (AvgIpc) is 2.39. The summed E-state index contributed by atoms with van der Waals surface area (Å²) < 4.78 is 0. The van der Waals surface area contributed by atoms with Gasteiger partial charge in [0.05, 0.1) is 6.10 Å². The lowest BCUT2D eigenvalue weighted by molar-refractivity contribution is 0.186. The molecule has 3 N–H and O–H groups in total. The summed E-state index contributed by atoms with van der Waals surface area (Å²) in [5.41, 5.74) is 6.38. The SMILES string of the molecule is CC1CCN(c2ncccc2C(O)CN)CC1. The number of aliphatic hydroxyl groups excluding tert-OH is 1. The summed E-state index contributed by atoms with van der Waals surface area (Å²) >= 11 is 0. The molecule has 1 unspecified atom stereocenters. The molecule has 1 aliphatic heterocycles. The minimum atomic E-state index is -0.613. The summed E-state index contributed by atoms with van der Waals surface area (Å²) in [6.45, 7) is 4.55. The van der Waals surface area contributed by atoms with Crippen LogP contribution in [0.5, 0.6) is 0 Å². The van der Waals surface area contributed by atoms with Crippen LogP contribution in [-0.4, -0.2) is 29.7 Å². The molecule has 2 rings (SSSR count). The summed E-state index contributed by atoms with van der Waals surface area (Å²) in [5, 5.41) is 9.90. The Labute approximate surface area is 102 Å². The summed E-state index contributed by atoms with van der Waals surface area (Å²) in [4.78, 5) is 6.66. The first-order chi connectivity index (χ1) is 8.22. The van der Waals surface area contributed by atoms with Crippen molar-refractivity contribution in [3.8, 4) is 0 Å². The van der Waals surface area contributed by atoms with Gasteiger partial charge in [-0.1, -0.05) is 13.0 Å². The third-order valence-corrected chi connectivity index (χ3v) is 3.48. The molecule has 4 nitrogen and oxygen atoms in total. The Hall–Kier alpha value is -1.13. The lowest BCUT2D eigenvalue weighted by Crippen LogP contribution is -2.34. The minimum Gasteiger partial charge on any atom is -0.387 e. The number of nitrogens with two attached hydrogens (primary N) is 1. The van der Waals surface area contributed by atoms with Gasteiger partial charge in [0, 0.05) is 31.4 Å². The van der Waals surface area contributed by atoms with E-state index in [-0.39, 0.29) is 6.54 Å². The number of anilines is 1. The fourth-order valence-electron chi connectivity index (χ4n) is 2.28. The summed E-state index contributed by atoms with van der Waals surface area (Å²) in [6, 6.07) is 3.77. The summed E-state index contributed by atoms with van der Waals surface area (Å²) in [5.74, 6) is 1.69. The number of hydrogen-bond donors (Lipinski definition) is 2. The van der Waals surface area contributed by atoms with E-state index in [1.807, 2.05) is 12.1 Å². The molecular formula is C13H21N3O. The molecule has 0 saturated carbocycles. The van der Waals surface area contributed by atoms with Gasteiger partial charge in [0.25, 0.3) is 0 Å². The molecule has 94 valence electrons. The van der Waals surface area contributed by atoms with Crippen LogP contribution in [0.1, 0.15) is 31.4 Å². The molecule has 0 spiro atoms. The molecule has 1 atom stereocenters. The molecule has 1 fully saturated rings. The maximum absolute atomic E-state index is 9.90. The van der Waals surface area contributed by atoms with Gasteiger partial charge in [-0.3, -0.25) is 0 Å². The van der Waals surface area contributed by atoms with Crippen LogP contribution >= 0.6 is 0 Å². The molecule has 0 amide bonds. The van der Waals surface area contributed by atoms with Crippen molar-refractivity contribution < 1.29 is 5.11 Å². The third kappa shape index (κ3) is 2.76. The fraction of sp³-hybridized carbons (Fsp3) is 0.615. The zero-order valence-corrected chi connectivity index (χ0v) is 10.3. The monoisotopic (exact) mass is 235 g/mol. The Kier molecular flexibility index (Phi) is 3.97. The van der Waals surface area contributed by atoms with E-state index in [9.17, 15) is 5.11 Å². The van der Waals surface area contributed by atoms with Crippen LogP contribution in [0.4, 0.5) is 5.82 Å². The number of aliphatic hydroxyl groups is 1. The van der Waals surface area contributed by atoms with Crippen LogP contribution in [0.2, 0.25) is 0 Å². The predicted octanol–water partition coefficient (Wildman–Crippen LogP) is 1.31. The van der Waals surface area contributed by atoms with Gasteiger partial charge in [0.15, 0.2) is 0 Å². The highest BCUT2D eigenvalue weighted by atomic mass is 16.3. The average molecular weight is 235 g/mol. The van der Waals surface area contributed by atoms with Crippen molar-refractivity contribution in [2.75, 3.05) is 24.5 Å². The molecule has 0 aromatic carbocycles. The van der Waals surface area contributed by atoms with E-state index >= 15 is 0 Å². The largest absolute Gasteiger partial charge is 0.387 e. The zero-order chi connectivity index (χ0) is 12.3. The van der Waals surface area contributed by atoms with Crippen LogP contribution in [0.15, 0.2) is 18.3 Å². The van der Waals surface area contributed by atoms with E-state index in [1.165, 1.54) is 12.8 Å². The Morgan fingerprint density at radius 2 is 2.24 bits per heavy atom. The van der Waals surface area contributed by atoms with Crippen molar-refractivity contribution in [3.05, 3.63) is 23.9 Å². The van der Waals surface area contributed by atoms with Crippen LogP contribution in [0.3, 0.4) is 0 Å². The highest BCUT2D eigenvalue weighted by Crippen LogP contribution is 2.27. The maximum Gasteiger partial charge on any atom is 0.134 e. The summed E-state index contributed by atoms with van der Waals surface area (Å²) in [6.07, 6.45) is 3.54. The molecule has 1 saturated heterocycles. The van der Waals surface area contributed by atoms with E-state index in [4.69, 9.17) is 5.73 Å². The van der Waals surface area contributed by atoms with Gasteiger partial charge < -0.3 is 15.7 Å². The summed E-state index contributed by atoms with van der Waals surface area (Å²) in [7, 11) is 0. The second kappa shape index (κ2) is 5.47. The highest BCUT2D eigenvalue weighted by molar-refractivity contribution is 5.48. The van der Waals surface area contributed by atoms with Gasteiger partial charge in [-0.2, -0.15) is 0 Å². The van der Waals surface area contributed by atoms with Crippen LogP contribution in [0.25, 0.3) is 0 Å². The van der Waals surface area contributed by atoms with Crippen LogP contribution in [0, 0.1) is 5.92 Å². The first-order valence-electron chi connectivity index (χ1n) is 6.30. The minimum absolute atomic E-state index is 0.239. The van der Waals surface area contributed by atoms with E-state index in [1.54, 1.807) is 6.20 Å². The van der Waals surface area contributed by atoms with E-state index in [0.717, 1.165) is 30.4 Å². The zero-order valence-electron chi connectivity index (χ0n) is 10.3. The number of rotatable bonds is 3. The predicted molar refractivity (Wildman–Crippen MR) is 68.9 cm³/mol. The number of piperidine rings is 1. The smallest absolute Gasteiger partial charge is 0.134 e. The topological polar surface area (TPSA) is 62.4 Å². The Balaban J connectivity index is 2.19. The first kappa shape index (κ1) is 12.3. The van der Waals surface area contributed by atoms with Crippen molar-refractivity contribution >= 4 is 5.82 Å². The molecule has 0 aliphatic carbocycles. The number of aromatic nitrogens is 1. The standard InChI is InChI=1S/C13H21N3O/c1-10-4-7-16(8-5-10)13-11(12(17)9-14)3-2-6-15-13/h2-3,6,10,12,17H,4-5,7-9,14H2,1H3. The van der Waals surface area contributed by atoms with Gasteiger partial charge in [-0.05, 0) is 24.8 Å². The molecule has 0 radical (unpaired) electrons. The Morgan fingerprint density at radius 1 is 1.53 bits per heavy atom. The Bertz CT molecular complexity index is 361. The number of hydrogen-bond acceptors (Lipinski definition) is 4. The van der Waals surface area contributed by atoms with Crippen LogP contribution in [-0.2, 0) is 0 Å². The lowest BCUT2D eigenvalue weighted by atomic mass is 9.98. The molecule has 1 aromatic heterocycles. The van der Waals surface area contributed by atoms with E-state index in [0.29, 0.717) is 0 Å². The quantitative estimate of drug-likeness (QED) is 0.829. The third-order valence-electron chi connectivity index (χ3n) is 3.48. The maximum atomic E-state index is 9.90. The van der Waals surface area contributed by atoms with Crippen molar-refractivity contribution in [2.24, 2.45) is 11.7 Å². The van der Waals surface area contributed by atoms with Gasteiger partial charge in [-0.15, -0.1) is 0 Å². The molecule has 2 heterocycles. The molecule has 4 heteroatoms. The number of pyridine rings is 1.